The van der Waals surface area contributed by atoms with Gasteiger partial charge in [-0.1, -0.05) is 147 Å². The van der Waals surface area contributed by atoms with Crippen molar-refractivity contribution in [1.82, 2.24) is 0 Å². The Morgan fingerprint density at radius 2 is 1.10 bits per heavy atom. The third-order valence-corrected chi connectivity index (χ3v) is 12.1. The number of nitrogens with zero attached hydrogens (tertiary/aromatic N) is 1. The maximum Gasteiger partial charge on any atom is 0.0543 e. The highest BCUT2D eigenvalue weighted by Crippen LogP contribution is 2.54. The summed E-state index contributed by atoms with van der Waals surface area (Å²) in [6.07, 6.45) is 0. The molecule has 1 heterocycles. The van der Waals surface area contributed by atoms with Crippen LogP contribution in [0.1, 0.15) is 25.0 Å². The molecular weight excluding hydrogens is 635 g/mol. The van der Waals surface area contributed by atoms with Gasteiger partial charge in [0.2, 0.25) is 0 Å². The Balaban J connectivity index is 1.17. The van der Waals surface area contributed by atoms with Gasteiger partial charge >= 0.3 is 0 Å². The number of benzene rings is 8. The molecule has 1 nitrogen and oxygen atoms in total. The zero-order chi connectivity index (χ0) is 34.1. The molecule has 1 aliphatic rings. The van der Waals surface area contributed by atoms with Crippen molar-refractivity contribution in [2.75, 3.05) is 4.90 Å². The summed E-state index contributed by atoms with van der Waals surface area (Å²) in [6, 6.07) is 64.8. The number of anilines is 3. The van der Waals surface area contributed by atoms with Gasteiger partial charge in [-0.2, -0.15) is 0 Å². The zero-order valence-electron chi connectivity index (χ0n) is 28.6. The first-order valence-electron chi connectivity index (χ1n) is 17.7. The summed E-state index contributed by atoms with van der Waals surface area (Å²) in [6.45, 7) is 4.71. The highest BCUT2D eigenvalue weighted by atomic mass is 32.1. The molecule has 0 N–H and O–H groups in total. The molecule has 1 aliphatic carbocycles. The van der Waals surface area contributed by atoms with E-state index >= 15 is 0 Å². The molecule has 242 valence electrons. The van der Waals surface area contributed by atoms with Crippen molar-refractivity contribution in [2.24, 2.45) is 0 Å². The van der Waals surface area contributed by atoms with Crippen molar-refractivity contribution in [1.29, 1.82) is 0 Å². The van der Waals surface area contributed by atoms with Crippen LogP contribution in [0, 0.1) is 0 Å². The predicted octanol–water partition coefficient (Wildman–Crippen LogP) is 14.3. The maximum absolute atomic E-state index is 2.46. The van der Waals surface area contributed by atoms with Crippen LogP contribution in [0.3, 0.4) is 0 Å². The molecule has 0 amide bonds. The molecule has 0 atom stereocenters. The molecule has 2 heteroatoms. The number of fused-ring (bicyclic) bond motifs is 8. The molecule has 0 bridgehead atoms. The fourth-order valence-electron chi connectivity index (χ4n) is 8.38. The van der Waals surface area contributed by atoms with Crippen LogP contribution in [-0.4, -0.2) is 0 Å². The Morgan fingerprint density at radius 1 is 0.431 bits per heavy atom. The van der Waals surface area contributed by atoms with E-state index in [1.54, 1.807) is 0 Å². The van der Waals surface area contributed by atoms with Gasteiger partial charge in [-0.05, 0) is 86.8 Å². The van der Waals surface area contributed by atoms with Crippen LogP contribution in [0.4, 0.5) is 17.1 Å². The van der Waals surface area contributed by atoms with Gasteiger partial charge in [0.1, 0.15) is 0 Å². The fraction of sp³-hybridized carbons (Fsp3) is 0.0612. The lowest BCUT2D eigenvalue weighted by Gasteiger charge is -2.29. The van der Waals surface area contributed by atoms with Crippen molar-refractivity contribution in [3.63, 3.8) is 0 Å². The Hall–Kier alpha value is -5.96. The average Bonchev–Trinajstić information content (AvgIpc) is 3.68. The number of thiophene rings is 1. The van der Waals surface area contributed by atoms with E-state index < -0.39 is 0 Å². The summed E-state index contributed by atoms with van der Waals surface area (Å²) < 4.78 is 2.69. The first-order valence-corrected chi connectivity index (χ1v) is 18.5. The van der Waals surface area contributed by atoms with Gasteiger partial charge in [0.15, 0.2) is 0 Å². The highest BCUT2D eigenvalue weighted by Gasteiger charge is 2.37. The van der Waals surface area contributed by atoms with Crippen LogP contribution in [0.2, 0.25) is 0 Å². The quantitative estimate of drug-likeness (QED) is 0.176. The van der Waals surface area contributed by atoms with E-state index in [2.05, 4.69) is 195 Å². The maximum atomic E-state index is 2.46. The van der Waals surface area contributed by atoms with Crippen LogP contribution in [0.15, 0.2) is 176 Å². The topological polar surface area (TPSA) is 3.24 Å². The van der Waals surface area contributed by atoms with Crippen molar-refractivity contribution >= 4 is 59.3 Å². The average molecular weight is 670 g/mol. The Morgan fingerprint density at radius 3 is 1.94 bits per heavy atom. The van der Waals surface area contributed by atoms with Crippen molar-refractivity contribution in [3.05, 3.63) is 187 Å². The lowest BCUT2D eigenvalue weighted by molar-refractivity contribution is 0.660. The van der Waals surface area contributed by atoms with E-state index in [4.69, 9.17) is 0 Å². The Kier molecular flexibility index (Phi) is 6.78. The van der Waals surface area contributed by atoms with Crippen LogP contribution >= 0.6 is 11.3 Å². The monoisotopic (exact) mass is 669 g/mol. The number of hydrogen-bond donors (Lipinski definition) is 0. The van der Waals surface area contributed by atoms with Crippen LogP contribution in [-0.2, 0) is 5.41 Å². The SMILES string of the molecule is CC1(C)c2ccccc2-c2c(N(c3ccc(-c4cc5c6ccccc6sc5c5ccccc45)cc3)c3cccc(-c4ccccc4)c3)cccc21. The van der Waals surface area contributed by atoms with E-state index in [0.29, 0.717) is 0 Å². The van der Waals surface area contributed by atoms with Gasteiger partial charge < -0.3 is 4.90 Å². The van der Waals surface area contributed by atoms with E-state index in [1.165, 1.54) is 81.1 Å². The van der Waals surface area contributed by atoms with Crippen LogP contribution in [0.5, 0.6) is 0 Å². The molecule has 0 saturated carbocycles. The third kappa shape index (κ3) is 4.67. The standard InChI is InChI=1S/C49H35NS/c1-49(2)43-22-10-8-21-40(43)47-44(49)23-13-24-45(47)50(36-17-12-16-34(30-36)32-14-4-3-5-15-32)35-28-26-33(27-29-35)41-31-42-38-19-9-11-25-46(38)51-48(42)39-20-7-6-18-37(39)41/h3-31H,1-2H3. The number of hydrogen-bond acceptors (Lipinski definition) is 2. The summed E-state index contributed by atoms with van der Waals surface area (Å²) in [7, 11) is 0. The first kappa shape index (κ1) is 29.9. The van der Waals surface area contributed by atoms with Gasteiger partial charge in [-0.15, -0.1) is 11.3 Å². The minimum absolute atomic E-state index is 0.0884. The summed E-state index contributed by atoms with van der Waals surface area (Å²) in [5, 5.41) is 5.26. The summed E-state index contributed by atoms with van der Waals surface area (Å²) in [5.41, 5.74) is 13.6. The molecule has 0 radical (unpaired) electrons. The zero-order valence-corrected chi connectivity index (χ0v) is 29.4. The Labute approximate surface area is 302 Å². The van der Waals surface area contributed by atoms with E-state index in [9.17, 15) is 0 Å². The van der Waals surface area contributed by atoms with Gasteiger partial charge in [0.25, 0.3) is 0 Å². The van der Waals surface area contributed by atoms with Crippen LogP contribution < -0.4 is 4.90 Å². The normalized spacial score (nSPS) is 13.1. The molecule has 0 aliphatic heterocycles. The third-order valence-electron chi connectivity index (χ3n) is 10.9. The second kappa shape index (κ2) is 11.6. The van der Waals surface area contributed by atoms with E-state index in [1.807, 2.05) is 11.3 Å². The molecule has 9 aromatic rings. The van der Waals surface area contributed by atoms with Crippen LogP contribution in [0.25, 0.3) is 64.3 Å². The molecular formula is C49H35NS. The minimum Gasteiger partial charge on any atom is -0.310 e. The molecule has 0 unspecified atom stereocenters. The number of rotatable bonds is 5. The van der Waals surface area contributed by atoms with Gasteiger partial charge in [-0.25, -0.2) is 0 Å². The smallest absolute Gasteiger partial charge is 0.0543 e. The lowest BCUT2D eigenvalue weighted by Crippen LogP contribution is -2.16. The van der Waals surface area contributed by atoms with Crippen molar-refractivity contribution < 1.29 is 0 Å². The lowest BCUT2D eigenvalue weighted by atomic mass is 9.82. The largest absolute Gasteiger partial charge is 0.310 e. The van der Waals surface area contributed by atoms with E-state index in [-0.39, 0.29) is 5.41 Å². The van der Waals surface area contributed by atoms with Gasteiger partial charge in [0, 0.05) is 47.9 Å². The predicted molar refractivity (Wildman–Crippen MR) is 220 cm³/mol. The second-order valence-electron chi connectivity index (χ2n) is 14.1. The van der Waals surface area contributed by atoms with Gasteiger partial charge in [0.05, 0.1) is 5.69 Å². The highest BCUT2D eigenvalue weighted by molar-refractivity contribution is 7.26. The first-order chi connectivity index (χ1) is 25.1. The molecule has 8 aromatic carbocycles. The Bertz CT molecular complexity index is 2770. The molecule has 1 aromatic heterocycles. The molecule has 0 spiro atoms. The second-order valence-corrected chi connectivity index (χ2v) is 15.2. The summed E-state index contributed by atoms with van der Waals surface area (Å²) in [5.74, 6) is 0. The van der Waals surface area contributed by atoms with Gasteiger partial charge in [-0.3, -0.25) is 0 Å². The molecule has 51 heavy (non-hydrogen) atoms. The summed E-state index contributed by atoms with van der Waals surface area (Å²) in [4.78, 5) is 2.46. The van der Waals surface area contributed by atoms with Crippen molar-refractivity contribution in [2.45, 2.75) is 19.3 Å². The minimum atomic E-state index is -0.0884. The molecule has 10 rings (SSSR count). The fourth-order valence-corrected chi connectivity index (χ4v) is 9.60. The molecule has 0 fully saturated rings. The van der Waals surface area contributed by atoms with Crippen molar-refractivity contribution in [3.8, 4) is 33.4 Å². The molecule has 0 saturated heterocycles. The summed E-state index contributed by atoms with van der Waals surface area (Å²) >= 11 is 1.89. The van der Waals surface area contributed by atoms with E-state index in [0.717, 1.165) is 11.4 Å².